The minimum absolute atomic E-state index is 0.0123. The predicted octanol–water partition coefficient (Wildman–Crippen LogP) is 4.89. The van der Waals surface area contributed by atoms with Crippen LogP contribution in [0.4, 0.5) is 5.69 Å². The second kappa shape index (κ2) is 10.3. The summed E-state index contributed by atoms with van der Waals surface area (Å²) in [5, 5.41) is 3.53. The smallest absolute Gasteiger partial charge is 0.338 e. The number of hydrogen-bond acceptors (Lipinski definition) is 5. The number of pyridine rings is 1. The van der Waals surface area contributed by atoms with Gasteiger partial charge in [0.15, 0.2) is 0 Å². The van der Waals surface area contributed by atoms with Crippen molar-refractivity contribution in [3.8, 4) is 0 Å². The van der Waals surface area contributed by atoms with Crippen LogP contribution < -0.4 is 11.1 Å². The summed E-state index contributed by atoms with van der Waals surface area (Å²) in [6, 6.07) is 13.1. The molecule has 0 bridgehead atoms. The molecular weight excluding hydrogens is 426 g/mol. The average Bonchev–Trinajstić information content (AvgIpc) is 2.94. The molecule has 0 spiro atoms. The van der Waals surface area contributed by atoms with Gasteiger partial charge in [0.25, 0.3) is 0 Å². The number of fused-ring (bicyclic) bond motifs is 1. The van der Waals surface area contributed by atoms with Gasteiger partial charge in [0.05, 0.1) is 15.6 Å². The number of carbonyl (C=O) groups is 2. The van der Waals surface area contributed by atoms with Crippen molar-refractivity contribution in [3.63, 3.8) is 0 Å². The van der Waals surface area contributed by atoms with Gasteiger partial charge in [-0.3, -0.25) is 9.78 Å². The topological polar surface area (TPSA) is 94.3 Å². The first-order valence-electron chi connectivity index (χ1n) is 16.0. The molecule has 3 N–H and O–H groups in total. The molecule has 1 amide bonds. The zero-order valence-corrected chi connectivity index (χ0v) is 17.7. The fourth-order valence-electron chi connectivity index (χ4n) is 3.17. The minimum Gasteiger partial charge on any atom is -0.457 e. The van der Waals surface area contributed by atoms with E-state index in [1.807, 2.05) is 0 Å². The van der Waals surface area contributed by atoms with Gasteiger partial charge in [0, 0.05) is 42.3 Å². The van der Waals surface area contributed by atoms with Crippen LogP contribution in [0, 0.1) is 13.7 Å². The van der Waals surface area contributed by atoms with Crippen molar-refractivity contribution >= 4 is 28.3 Å². The number of esters is 1. The number of carbonyl (C=O) groups excluding carboxylic acids is 2. The average molecular weight is 466 g/mol. The lowest BCUT2D eigenvalue weighted by molar-refractivity contribution is -0.117. The molecule has 0 unspecified atom stereocenters. The summed E-state index contributed by atoms with van der Waals surface area (Å²) in [5.74, 6) is -5.31. The number of ether oxygens (including phenoxy) is 1. The van der Waals surface area contributed by atoms with E-state index in [1.54, 1.807) is 6.07 Å². The summed E-state index contributed by atoms with van der Waals surface area (Å²) in [6.45, 7) is -11.4. The maximum atomic E-state index is 13.4. The molecule has 0 saturated heterocycles. The third-order valence-electron chi connectivity index (χ3n) is 4.87. The van der Waals surface area contributed by atoms with Gasteiger partial charge in [-0.1, -0.05) is 48.0 Å². The molecule has 3 aromatic carbocycles. The number of amides is 1. The lowest BCUT2D eigenvalue weighted by atomic mass is 9.97. The van der Waals surface area contributed by atoms with Gasteiger partial charge in [0.2, 0.25) is 5.91 Å². The number of anilines is 1. The fraction of sp³-hybridized carbons (Fsp3) is 0.179. The highest BCUT2D eigenvalue weighted by atomic mass is 16.5. The zero-order valence-electron chi connectivity index (χ0n) is 29.7. The molecule has 1 heterocycles. The van der Waals surface area contributed by atoms with E-state index in [0.29, 0.717) is 10.8 Å². The molecule has 4 rings (SSSR count). The van der Waals surface area contributed by atoms with Gasteiger partial charge in [0.1, 0.15) is 6.56 Å². The summed E-state index contributed by atoms with van der Waals surface area (Å²) in [7, 11) is 0. The number of benzene rings is 3. The van der Waals surface area contributed by atoms with Gasteiger partial charge >= 0.3 is 5.97 Å². The molecule has 6 heteroatoms. The van der Waals surface area contributed by atoms with Crippen LogP contribution in [-0.2, 0) is 16.1 Å². The highest BCUT2D eigenvalue weighted by Gasteiger charge is 2.19. The molecule has 1 atom stereocenters. The van der Waals surface area contributed by atoms with Crippen LogP contribution in [0.3, 0.4) is 0 Å². The third kappa shape index (κ3) is 5.30. The van der Waals surface area contributed by atoms with E-state index in [4.69, 9.17) is 26.9 Å². The quantitative estimate of drug-likeness (QED) is 0.379. The molecule has 0 aliphatic rings. The SMILES string of the molecule is [2H]c1nccc2cc(NC(=O)[C@]([2H])(c3ccc(C([2H])([2H])OC(=O)c4ccc(C([2H])([2H])[2H])cc4C([2H])([2H])[2H])cc3)C([2H])([2H])N)ccc12. The fourth-order valence-corrected chi connectivity index (χ4v) is 3.17. The Morgan fingerprint density at radius 2 is 1.97 bits per heavy atom. The number of nitrogens with two attached hydrogens (primary N) is 1. The Morgan fingerprint density at radius 3 is 2.74 bits per heavy atom. The molecule has 0 aliphatic heterocycles. The Hall–Kier alpha value is -4.03. The van der Waals surface area contributed by atoms with E-state index in [1.165, 1.54) is 24.4 Å². The molecule has 0 fully saturated rings. The molecule has 6 nitrogen and oxygen atoms in total. The summed E-state index contributed by atoms with van der Waals surface area (Å²) >= 11 is 0. The zero-order chi connectivity index (χ0) is 34.5. The predicted molar refractivity (Wildman–Crippen MR) is 134 cm³/mol. The third-order valence-corrected chi connectivity index (χ3v) is 4.87. The second-order valence-corrected chi connectivity index (χ2v) is 7.16. The Balaban J connectivity index is 1.62. The number of hydrogen-bond donors (Lipinski definition) is 2. The van der Waals surface area contributed by atoms with E-state index < -0.39 is 55.7 Å². The molecule has 1 aromatic heterocycles. The van der Waals surface area contributed by atoms with Gasteiger partial charge in [-0.25, -0.2) is 4.79 Å². The number of nitrogens with one attached hydrogen (secondary N) is 1. The van der Waals surface area contributed by atoms with E-state index >= 15 is 0 Å². The summed E-state index contributed by atoms with van der Waals surface area (Å²) < 4.78 is 100. The lowest BCUT2D eigenvalue weighted by Gasteiger charge is -2.16. The molecule has 0 saturated carbocycles. The Kier molecular flexibility index (Phi) is 3.76. The largest absolute Gasteiger partial charge is 0.457 e. The van der Waals surface area contributed by atoms with Crippen LogP contribution in [-0.4, -0.2) is 23.4 Å². The standard InChI is InChI=1S/C28H27N3O3/c1-18-3-10-25(19(2)13-18)28(33)34-17-20-4-6-21(7-5-20)26(15-29)27(32)31-24-9-8-23-16-30-12-11-22(23)14-24/h3-14,16,26H,15,17,29H2,1-2H3,(H,31,32)/t26-/m0/s1/i1D3,2D3,15D2,16D,17D2,26D. The van der Waals surface area contributed by atoms with E-state index in [2.05, 4.69) is 10.3 Å². The number of aryl methyl sites for hydroxylation is 2. The van der Waals surface area contributed by atoms with Crippen molar-refractivity contribution in [3.05, 3.63) is 107 Å². The van der Waals surface area contributed by atoms with Gasteiger partial charge in [-0.2, -0.15) is 0 Å². The van der Waals surface area contributed by atoms with E-state index in [9.17, 15) is 9.59 Å². The van der Waals surface area contributed by atoms with Crippen LogP contribution in [0.5, 0.6) is 0 Å². The first-order chi connectivity index (χ1) is 21.1. The molecule has 34 heavy (non-hydrogen) atoms. The highest BCUT2D eigenvalue weighted by Crippen LogP contribution is 2.22. The summed E-state index contributed by atoms with van der Waals surface area (Å²) in [4.78, 5) is 30.2. The molecule has 0 radical (unpaired) electrons. The van der Waals surface area contributed by atoms with Gasteiger partial charge < -0.3 is 15.8 Å². The van der Waals surface area contributed by atoms with Crippen molar-refractivity contribution in [1.29, 1.82) is 0 Å². The van der Waals surface area contributed by atoms with Crippen LogP contribution in [0.15, 0.2) is 79.1 Å². The van der Waals surface area contributed by atoms with Gasteiger partial charge in [-0.15, -0.1) is 0 Å². The van der Waals surface area contributed by atoms with E-state index in [-0.39, 0.29) is 28.6 Å². The monoisotopic (exact) mass is 465 g/mol. The highest BCUT2D eigenvalue weighted by molar-refractivity contribution is 5.98. The van der Waals surface area contributed by atoms with Crippen LogP contribution in [0.25, 0.3) is 10.8 Å². The first-order valence-corrected chi connectivity index (χ1v) is 10.0. The maximum absolute atomic E-state index is 13.4. The Bertz CT molecular complexity index is 1800. The molecule has 0 aliphatic carbocycles. The molecule has 172 valence electrons. The number of rotatable bonds is 7. The normalized spacial score (nSPS) is 19.4. The number of aromatic nitrogens is 1. The Morgan fingerprint density at radius 1 is 1.12 bits per heavy atom. The van der Waals surface area contributed by atoms with Crippen molar-refractivity contribution < 1.29 is 30.8 Å². The Labute approximate surface area is 215 Å². The summed E-state index contributed by atoms with van der Waals surface area (Å²) in [6.07, 6.45) is 1.42. The second-order valence-electron chi connectivity index (χ2n) is 7.16. The summed E-state index contributed by atoms with van der Waals surface area (Å²) in [5.41, 5.74) is 3.73. The van der Waals surface area contributed by atoms with Crippen LogP contribution in [0.2, 0.25) is 0 Å². The van der Waals surface area contributed by atoms with Crippen LogP contribution >= 0.6 is 0 Å². The molecular formula is C28H27N3O3. The molecule has 4 aromatic rings. The van der Waals surface area contributed by atoms with Crippen molar-refractivity contribution in [2.45, 2.75) is 26.2 Å². The van der Waals surface area contributed by atoms with Gasteiger partial charge in [-0.05, 0) is 60.0 Å². The first kappa shape index (κ1) is 12.4. The van der Waals surface area contributed by atoms with E-state index in [0.717, 1.165) is 42.5 Å². The maximum Gasteiger partial charge on any atom is 0.338 e. The lowest BCUT2D eigenvalue weighted by Crippen LogP contribution is -2.27. The number of nitrogens with zero attached hydrogens (tertiary/aromatic N) is 1. The van der Waals surface area contributed by atoms with Crippen LogP contribution in [0.1, 0.15) is 55.0 Å². The van der Waals surface area contributed by atoms with Crippen molar-refractivity contribution in [1.82, 2.24) is 4.98 Å². The van der Waals surface area contributed by atoms with Crippen molar-refractivity contribution in [2.75, 3.05) is 11.8 Å². The van der Waals surface area contributed by atoms with Crippen molar-refractivity contribution in [2.24, 2.45) is 5.73 Å². The minimum atomic E-state index is -2.95.